The van der Waals surface area contributed by atoms with Crippen molar-refractivity contribution in [3.8, 4) is 5.75 Å². The van der Waals surface area contributed by atoms with E-state index >= 15 is 0 Å². The molecule has 0 fully saturated rings. The smallest absolute Gasteiger partial charge is 0.275 e. The Morgan fingerprint density at radius 1 is 1.17 bits per heavy atom. The van der Waals surface area contributed by atoms with E-state index in [-0.39, 0.29) is 11.6 Å². The quantitative estimate of drug-likeness (QED) is 0.810. The van der Waals surface area contributed by atoms with Gasteiger partial charge in [-0.05, 0) is 38.4 Å². The van der Waals surface area contributed by atoms with Gasteiger partial charge in [0, 0.05) is 18.8 Å². The fourth-order valence-corrected chi connectivity index (χ4v) is 1.81. The summed E-state index contributed by atoms with van der Waals surface area (Å²) in [5.41, 5.74) is 0.935. The van der Waals surface area contributed by atoms with Crippen LogP contribution in [0.15, 0.2) is 36.7 Å². The molecule has 23 heavy (non-hydrogen) atoms. The number of nitrogens with zero attached hydrogens (tertiary/aromatic N) is 3. The van der Waals surface area contributed by atoms with Crippen molar-refractivity contribution < 1.29 is 9.53 Å². The van der Waals surface area contributed by atoms with Gasteiger partial charge in [-0.15, -0.1) is 0 Å². The lowest BCUT2D eigenvalue weighted by Crippen LogP contribution is -2.21. The van der Waals surface area contributed by atoms with Crippen LogP contribution in [0.3, 0.4) is 0 Å². The van der Waals surface area contributed by atoms with Gasteiger partial charge in [0.2, 0.25) is 0 Å². The number of methoxy groups -OCH3 is 1. The third kappa shape index (κ3) is 5.23. The molecule has 0 radical (unpaired) electrons. The third-order valence-corrected chi connectivity index (χ3v) is 3.10. The lowest BCUT2D eigenvalue weighted by molar-refractivity contribution is 0.102. The normalized spacial score (nSPS) is 10.4. The summed E-state index contributed by atoms with van der Waals surface area (Å²) in [6, 6.07) is 7.08. The number of likely N-dealkylation sites (N-methyl/N-ethyl adjacent to an activating group) is 1. The second-order valence-electron chi connectivity index (χ2n) is 5.20. The lowest BCUT2D eigenvalue weighted by Gasteiger charge is -2.10. The topological polar surface area (TPSA) is 79.4 Å². The van der Waals surface area contributed by atoms with Gasteiger partial charge in [-0.25, -0.2) is 9.97 Å². The van der Waals surface area contributed by atoms with Crippen LogP contribution >= 0.6 is 0 Å². The molecule has 2 N–H and O–H groups in total. The number of rotatable bonds is 7. The maximum Gasteiger partial charge on any atom is 0.275 e. The summed E-state index contributed by atoms with van der Waals surface area (Å²) >= 11 is 0. The molecule has 1 aromatic carbocycles. The van der Waals surface area contributed by atoms with Crippen molar-refractivity contribution >= 4 is 17.4 Å². The summed E-state index contributed by atoms with van der Waals surface area (Å²) in [6.45, 7) is 1.65. The van der Waals surface area contributed by atoms with Gasteiger partial charge in [-0.1, -0.05) is 0 Å². The highest BCUT2D eigenvalue weighted by molar-refractivity contribution is 6.02. The van der Waals surface area contributed by atoms with Crippen LogP contribution in [-0.4, -0.2) is 55.1 Å². The first-order chi connectivity index (χ1) is 11.1. The molecule has 7 heteroatoms. The zero-order valence-corrected chi connectivity index (χ0v) is 13.5. The summed E-state index contributed by atoms with van der Waals surface area (Å²) < 4.78 is 5.07. The number of hydrogen-bond donors (Lipinski definition) is 2. The zero-order valence-electron chi connectivity index (χ0n) is 13.5. The summed E-state index contributed by atoms with van der Waals surface area (Å²) in [6.07, 6.45) is 3.01. The lowest BCUT2D eigenvalue weighted by atomic mass is 10.3. The fourth-order valence-electron chi connectivity index (χ4n) is 1.81. The molecule has 1 heterocycles. The van der Waals surface area contributed by atoms with Crippen LogP contribution in [0.1, 0.15) is 10.5 Å². The van der Waals surface area contributed by atoms with Gasteiger partial charge in [0.15, 0.2) is 0 Å². The Morgan fingerprint density at radius 3 is 2.48 bits per heavy atom. The Balaban J connectivity index is 1.91. The Bertz CT molecular complexity index is 626. The van der Waals surface area contributed by atoms with E-state index < -0.39 is 0 Å². The van der Waals surface area contributed by atoms with Crippen LogP contribution < -0.4 is 15.4 Å². The van der Waals surface area contributed by atoms with Crippen LogP contribution in [0, 0.1) is 0 Å². The van der Waals surface area contributed by atoms with E-state index in [1.807, 2.05) is 14.1 Å². The van der Waals surface area contributed by atoms with Gasteiger partial charge in [0.05, 0.1) is 19.5 Å². The number of ether oxygens (including phenoxy) is 1. The van der Waals surface area contributed by atoms with Crippen LogP contribution in [0.4, 0.5) is 11.5 Å². The molecular weight excluding hydrogens is 294 g/mol. The molecule has 0 aliphatic rings. The average Bonchev–Trinajstić information content (AvgIpc) is 2.56. The van der Waals surface area contributed by atoms with Crippen LogP contribution in [0.5, 0.6) is 5.75 Å². The average molecular weight is 315 g/mol. The monoisotopic (exact) mass is 315 g/mol. The van der Waals surface area contributed by atoms with Gasteiger partial charge in [0.1, 0.15) is 17.3 Å². The van der Waals surface area contributed by atoms with Gasteiger partial charge < -0.3 is 20.3 Å². The molecule has 0 atom stereocenters. The fraction of sp³-hybridized carbons (Fsp3) is 0.312. The number of aromatic nitrogens is 2. The molecule has 0 aliphatic carbocycles. The summed E-state index contributed by atoms with van der Waals surface area (Å²) in [7, 11) is 5.59. The second-order valence-corrected chi connectivity index (χ2v) is 5.20. The molecule has 0 spiro atoms. The van der Waals surface area contributed by atoms with E-state index in [1.165, 1.54) is 6.20 Å². The highest BCUT2D eigenvalue weighted by Gasteiger charge is 2.08. The van der Waals surface area contributed by atoms with Gasteiger partial charge in [0.25, 0.3) is 5.91 Å². The summed E-state index contributed by atoms with van der Waals surface area (Å²) in [5.74, 6) is 1.08. The summed E-state index contributed by atoms with van der Waals surface area (Å²) in [4.78, 5) is 22.5. The maximum absolute atomic E-state index is 12.1. The Morgan fingerprint density at radius 2 is 1.91 bits per heavy atom. The van der Waals surface area contributed by atoms with E-state index in [0.717, 1.165) is 18.8 Å². The molecule has 122 valence electrons. The van der Waals surface area contributed by atoms with E-state index in [9.17, 15) is 4.79 Å². The van der Waals surface area contributed by atoms with Crippen molar-refractivity contribution in [3.63, 3.8) is 0 Å². The molecule has 0 saturated carbocycles. The molecule has 0 bridgehead atoms. The molecule has 0 saturated heterocycles. The number of hydrogen-bond acceptors (Lipinski definition) is 6. The maximum atomic E-state index is 12.1. The van der Waals surface area contributed by atoms with Crippen molar-refractivity contribution in [2.24, 2.45) is 0 Å². The van der Waals surface area contributed by atoms with Crippen molar-refractivity contribution in [1.82, 2.24) is 14.9 Å². The zero-order chi connectivity index (χ0) is 16.7. The number of benzene rings is 1. The predicted octanol–water partition coefficient (Wildman–Crippen LogP) is 1.71. The van der Waals surface area contributed by atoms with Crippen LogP contribution in [-0.2, 0) is 0 Å². The van der Waals surface area contributed by atoms with Gasteiger partial charge in [-0.2, -0.15) is 0 Å². The highest BCUT2D eigenvalue weighted by atomic mass is 16.5. The first kappa shape index (κ1) is 16.7. The molecule has 0 unspecified atom stereocenters. The second kappa shape index (κ2) is 8.09. The largest absolute Gasteiger partial charge is 0.497 e. The molecule has 2 aromatic rings. The number of carbonyl (C=O) groups excluding carboxylic acids is 1. The van der Waals surface area contributed by atoms with Crippen molar-refractivity contribution in [3.05, 3.63) is 42.4 Å². The Kier molecular flexibility index (Phi) is 5.87. The Labute approximate surface area is 135 Å². The third-order valence-electron chi connectivity index (χ3n) is 3.10. The number of anilines is 2. The van der Waals surface area contributed by atoms with E-state index in [2.05, 4.69) is 25.5 Å². The predicted molar refractivity (Wildman–Crippen MR) is 90.0 cm³/mol. The van der Waals surface area contributed by atoms with E-state index in [0.29, 0.717) is 11.5 Å². The SMILES string of the molecule is COc1ccc(NC(=O)c2cnc(NCCN(C)C)cn2)cc1. The number of carbonyl (C=O) groups is 1. The van der Waals surface area contributed by atoms with Crippen LogP contribution in [0.25, 0.3) is 0 Å². The molecule has 1 amide bonds. The summed E-state index contributed by atoms with van der Waals surface area (Å²) in [5, 5.41) is 5.91. The van der Waals surface area contributed by atoms with E-state index in [4.69, 9.17) is 4.74 Å². The van der Waals surface area contributed by atoms with E-state index in [1.54, 1.807) is 37.6 Å². The van der Waals surface area contributed by atoms with Crippen LogP contribution in [0.2, 0.25) is 0 Å². The first-order valence-electron chi connectivity index (χ1n) is 7.24. The molecule has 1 aromatic heterocycles. The van der Waals surface area contributed by atoms with Gasteiger partial charge >= 0.3 is 0 Å². The number of amides is 1. The van der Waals surface area contributed by atoms with Gasteiger partial charge in [-0.3, -0.25) is 4.79 Å². The van der Waals surface area contributed by atoms with Crippen molar-refractivity contribution in [2.75, 3.05) is 44.9 Å². The molecule has 2 rings (SSSR count). The van der Waals surface area contributed by atoms with Crippen molar-refractivity contribution in [1.29, 1.82) is 0 Å². The standard InChI is InChI=1S/C16H21N5O2/c1-21(2)9-8-17-15-11-18-14(10-19-15)16(22)20-12-4-6-13(23-3)7-5-12/h4-7,10-11H,8-9H2,1-3H3,(H,17,19)(H,20,22). The van der Waals surface area contributed by atoms with Crippen molar-refractivity contribution in [2.45, 2.75) is 0 Å². The minimum absolute atomic E-state index is 0.263. The first-order valence-corrected chi connectivity index (χ1v) is 7.24. The minimum Gasteiger partial charge on any atom is -0.497 e. The molecule has 0 aliphatic heterocycles. The molecular formula is C16H21N5O2. The number of nitrogens with one attached hydrogen (secondary N) is 2. The highest BCUT2D eigenvalue weighted by Crippen LogP contribution is 2.15. The molecule has 7 nitrogen and oxygen atoms in total. The Hall–Kier alpha value is -2.67. The minimum atomic E-state index is -0.303.